The molecule has 0 aromatic heterocycles. The van der Waals surface area contributed by atoms with Gasteiger partial charge in [-0.25, -0.2) is 10.9 Å². The first kappa shape index (κ1) is 5.71. The molecule has 3 N–H and O–H groups in total. The first-order chi connectivity index (χ1) is 5.41. The molecular formula is C8H9N3. The molecule has 1 saturated heterocycles. The number of fused-ring (bicyclic) bond motifs is 2. The predicted molar refractivity (Wildman–Crippen MR) is 41.2 cm³/mol. The van der Waals surface area contributed by atoms with E-state index >= 15 is 0 Å². The van der Waals surface area contributed by atoms with Gasteiger partial charge in [0.15, 0.2) is 5.79 Å². The van der Waals surface area contributed by atoms with Gasteiger partial charge in [0.25, 0.3) is 0 Å². The third-order valence-electron chi connectivity index (χ3n) is 2.34. The maximum absolute atomic E-state index is 3.35. The summed E-state index contributed by atoms with van der Waals surface area (Å²) in [6.07, 6.45) is 0. The quantitative estimate of drug-likeness (QED) is 0.453. The molecule has 0 radical (unpaired) electrons. The minimum Gasteiger partial charge on any atom is -0.277 e. The van der Waals surface area contributed by atoms with Gasteiger partial charge in [0, 0.05) is 12.1 Å². The van der Waals surface area contributed by atoms with E-state index in [1.165, 1.54) is 11.1 Å². The van der Waals surface area contributed by atoms with Crippen LogP contribution in [0, 0.1) is 0 Å². The Morgan fingerprint density at radius 2 is 2.00 bits per heavy atom. The first-order valence-electron chi connectivity index (χ1n) is 3.78. The van der Waals surface area contributed by atoms with Crippen molar-refractivity contribution in [3.8, 4) is 0 Å². The van der Waals surface area contributed by atoms with Crippen molar-refractivity contribution >= 4 is 0 Å². The fourth-order valence-electron chi connectivity index (χ4n) is 1.65. The van der Waals surface area contributed by atoms with Gasteiger partial charge in [0.1, 0.15) is 0 Å². The highest BCUT2D eigenvalue weighted by Gasteiger charge is 2.48. The summed E-state index contributed by atoms with van der Waals surface area (Å²) in [5.41, 5.74) is 8.92. The summed E-state index contributed by atoms with van der Waals surface area (Å²) in [5, 5.41) is 3.35. The molecule has 0 saturated carbocycles. The molecule has 1 spiro atoms. The number of hydrogen-bond acceptors (Lipinski definition) is 3. The number of rotatable bonds is 0. The first-order valence-corrected chi connectivity index (χ1v) is 3.78. The van der Waals surface area contributed by atoms with Crippen LogP contribution in [0.1, 0.15) is 11.1 Å². The van der Waals surface area contributed by atoms with E-state index in [2.05, 4.69) is 40.4 Å². The van der Waals surface area contributed by atoms with Gasteiger partial charge in [0.05, 0.1) is 0 Å². The molecule has 3 rings (SSSR count). The largest absolute Gasteiger partial charge is 0.277 e. The summed E-state index contributed by atoms with van der Waals surface area (Å²) >= 11 is 0. The van der Waals surface area contributed by atoms with Crippen LogP contribution in [0.4, 0.5) is 0 Å². The van der Waals surface area contributed by atoms with Crippen LogP contribution in [-0.2, 0) is 12.3 Å². The van der Waals surface area contributed by atoms with Gasteiger partial charge in [-0.1, -0.05) is 24.3 Å². The second-order valence-corrected chi connectivity index (χ2v) is 3.01. The molecule has 0 atom stereocenters. The fourth-order valence-corrected chi connectivity index (χ4v) is 1.65. The zero-order valence-corrected chi connectivity index (χ0v) is 6.02. The highest BCUT2D eigenvalue weighted by Crippen LogP contribution is 2.31. The molecule has 2 aliphatic heterocycles. The van der Waals surface area contributed by atoms with Gasteiger partial charge in [-0.3, -0.25) is 5.32 Å². The molecule has 11 heavy (non-hydrogen) atoms. The summed E-state index contributed by atoms with van der Waals surface area (Å²) in [7, 11) is 0. The van der Waals surface area contributed by atoms with E-state index in [1.54, 1.807) is 0 Å². The van der Waals surface area contributed by atoms with E-state index in [9.17, 15) is 0 Å². The van der Waals surface area contributed by atoms with E-state index < -0.39 is 0 Å². The lowest BCUT2D eigenvalue weighted by atomic mass is 10.1. The zero-order chi connectivity index (χ0) is 7.31. The van der Waals surface area contributed by atoms with E-state index in [0.717, 1.165) is 6.54 Å². The Bertz CT molecular complexity index is 304. The maximum Gasteiger partial charge on any atom is 0.176 e. The van der Waals surface area contributed by atoms with Crippen LogP contribution >= 0.6 is 0 Å². The van der Waals surface area contributed by atoms with Crippen LogP contribution in [-0.4, -0.2) is 0 Å². The Hall–Kier alpha value is -0.900. The predicted octanol–water partition coefficient (Wildman–Crippen LogP) is 0.00790. The van der Waals surface area contributed by atoms with Gasteiger partial charge < -0.3 is 0 Å². The highest BCUT2D eigenvalue weighted by atomic mass is 15.7. The highest BCUT2D eigenvalue weighted by molar-refractivity contribution is 5.39. The fraction of sp³-hybridized carbons (Fsp3) is 0.250. The monoisotopic (exact) mass is 147 g/mol. The zero-order valence-electron chi connectivity index (χ0n) is 6.02. The third kappa shape index (κ3) is 0.625. The Kier molecular flexibility index (Phi) is 0.850. The number of nitrogens with one attached hydrogen (secondary N) is 3. The average Bonchev–Trinajstić information content (AvgIpc) is 2.72. The Balaban J connectivity index is 2.21. The van der Waals surface area contributed by atoms with Crippen molar-refractivity contribution in [1.82, 2.24) is 16.2 Å². The molecule has 1 fully saturated rings. The normalized spacial score (nSPS) is 23.6. The van der Waals surface area contributed by atoms with Crippen LogP contribution in [0.3, 0.4) is 0 Å². The molecule has 1 aromatic rings. The molecule has 0 aliphatic carbocycles. The Labute approximate surface area is 64.8 Å². The molecule has 3 nitrogen and oxygen atoms in total. The Morgan fingerprint density at radius 3 is 2.82 bits per heavy atom. The van der Waals surface area contributed by atoms with Gasteiger partial charge >= 0.3 is 0 Å². The van der Waals surface area contributed by atoms with Crippen molar-refractivity contribution in [3.05, 3.63) is 35.4 Å². The molecule has 0 bridgehead atoms. The molecule has 56 valence electrons. The topological polar surface area (TPSA) is 55.9 Å². The lowest BCUT2D eigenvalue weighted by Crippen LogP contribution is -2.26. The van der Waals surface area contributed by atoms with E-state index in [4.69, 9.17) is 0 Å². The van der Waals surface area contributed by atoms with Gasteiger partial charge in [0.2, 0.25) is 0 Å². The lowest BCUT2D eigenvalue weighted by Gasteiger charge is -2.02. The summed E-state index contributed by atoms with van der Waals surface area (Å²) in [4.78, 5) is 0. The van der Waals surface area contributed by atoms with E-state index in [0.29, 0.717) is 0 Å². The second kappa shape index (κ2) is 1.64. The van der Waals surface area contributed by atoms with E-state index in [-0.39, 0.29) is 5.79 Å². The molecular weight excluding hydrogens is 138 g/mol. The summed E-state index contributed by atoms with van der Waals surface area (Å²) < 4.78 is 0. The SMILES string of the molecule is c1ccc2c(c1)CNC21NN1. The van der Waals surface area contributed by atoms with Gasteiger partial charge in [-0.15, -0.1) is 0 Å². The average molecular weight is 147 g/mol. The molecule has 1 aromatic carbocycles. The van der Waals surface area contributed by atoms with Crippen LogP contribution in [0.25, 0.3) is 0 Å². The van der Waals surface area contributed by atoms with Crippen LogP contribution in [0.5, 0.6) is 0 Å². The Morgan fingerprint density at radius 1 is 1.18 bits per heavy atom. The van der Waals surface area contributed by atoms with Gasteiger partial charge in [-0.05, 0) is 5.56 Å². The van der Waals surface area contributed by atoms with E-state index in [1.807, 2.05) is 0 Å². The third-order valence-corrected chi connectivity index (χ3v) is 2.34. The second-order valence-electron chi connectivity index (χ2n) is 3.01. The summed E-state index contributed by atoms with van der Waals surface area (Å²) in [6.45, 7) is 0.955. The molecule has 2 aliphatic rings. The summed E-state index contributed by atoms with van der Waals surface area (Å²) in [6, 6.07) is 8.43. The van der Waals surface area contributed by atoms with Crippen LogP contribution < -0.4 is 16.2 Å². The minimum absolute atomic E-state index is 0.0728. The number of hydrogen-bond donors (Lipinski definition) is 3. The molecule has 2 heterocycles. The lowest BCUT2D eigenvalue weighted by molar-refractivity contribution is 0.541. The molecule has 0 unspecified atom stereocenters. The summed E-state index contributed by atoms with van der Waals surface area (Å²) in [5.74, 6) is -0.0728. The van der Waals surface area contributed by atoms with Crippen LogP contribution in [0.15, 0.2) is 24.3 Å². The van der Waals surface area contributed by atoms with Crippen LogP contribution in [0.2, 0.25) is 0 Å². The molecule has 3 heteroatoms. The maximum atomic E-state index is 3.35. The van der Waals surface area contributed by atoms with Crippen molar-refractivity contribution < 1.29 is 0 Å². The smallest absolute Gasteiger partial charge is 0.176 e. The van der Waals surface area contributed by atoms with Crippen molar-refractivity contribution in [2.24, 2.45) is 0 Å². The van der Waals surface area contributed by atoms with Crippen molar-refractivity contribution in [2.45, 2.75) is 12.3 Å². The van der Waals surface area contributed by atoms with Crippen molar-refractivity contribution in [2.75, 3.05) is 0 Å². The minimum atomic E-state index is -0.0728. The molecule has 0 amide bonds. The van der Waals surface area contributed by atoms with Crippen molar-refractivity contribution in [1.29, 1.82) is 0 Å². The number of hydrazine groups is 1. The number of benzene rings is 1. The standard InChI is InChI=1S/C8H9N3/c1-2-4-7-6(3-1)5-9-8(7)10-11-8/h1-4,9-11H,5H2. The van der Waals surface area contributed by atoms with Gasteiger partial charge in [-0.2, -0.15) is 0 Å². The van der Waals surface area contributed by atoms with Crippen molar-refractivity contribution in [3.63, 3.8) is 0 Å².